The van der Waals surface area contributed by atoms with E-state index in [9.17, 15) is 9.36 Å². The molecule has 3 aromatic heterocycles. The number of carbonyl (C=O) groups is 1. The number of aromatic nitrogens is 3. The summed E-state index contributed by atoms with van der Waals surface area (Å²) in [5.41, 5.74) is 3.57. The van der Waals surface area contributed by atoms with Gasteiger partial charge < -0.3 is 14.4 Å². The zero-order valence-electron chi connectivity index (χ0n) is 21.9. The topological polar surface area (TPSA) is 137 Å². The number of nitrogens with zero attached hydrogens (tertiary/aromatic N) is 3. The molecule has 0 aliphatic heterocycles. The maximum atomic E-state index is 11.7. The molecule has 4 rings (SSSR count). The molecule has 0 radical (unpaired) electrons. The molecule has 0 amide bonds. The lowest BCUT2D eigenvalue weighted by Gasteiger charge is -2.05. The van der Waals surface area contributed by atoms with Gasteiger partial charge in [-0.25, -0.2) is 9.97 Å². The highest BCUT2D eigenvalue weighted by Gasteiger charge is 2.21. The van der Waals surface area contributed by atoms with Crippen molar-refractivity contribution in [3.63, 3.8) is 0 Å². The molecule has 1 atom stereocenters. The Kier molecular flexibility index (Phi) is 12.0. The van der Waals surface area contributed by atoms with E-state index in [0.717, 1.165) is 36.1 Å². The summed E-state index contributed by atoms with van der Waals surface area (Å²) < 4.78 is 27.6. The number of carboxylic acids is 1. The molecule has 2 N–H and O–H groups in total. The SMILES string of the molecule is CCCCCC(=O)O.CO[P+](=O)Nc1ncccc1-c1cc(Cc2ccc(COc3ccccn3)cc2)no1. The average molecular weight is 552 g/mol. The Morgan fingerprint density at radius 3 is 2.49 bits per heavy atom. The van der Waals surface area contributed by atoms with Gasteiger partial charge in [0.25, 0.3) is 0 Å². The summed E-state index contributed by atoms with van der Waals surface area (Å²) in [6, 6.07) is 19.1. The summed E-state index contributed by atoms with van der Waals surface area (Å²) in [6.45, 7) is 2.51. The Morgan fingerprint density at radius 1 is 1.03 bits per heavy atom. The van der Waals surface area contributed by atoms with Crippen molar-refractivity contribution in [2.24, 2.45) is 0 Å². The van der Waals surface area contributed by atoms with Gasteiger partial charge in [-0.2, -0.15) is 0 Å². The van der Waals surface area contributed by atoms with Crippen LogP contribution in [-0.2, 0) is 26.9 Å². The van der Waals surface area contributed by atoms with Crippen LogP contribution in [0.2, 0.25) is 0 Å². The highest BCUT2D eigenvalue weighted by molar-refractivity contribution is 7.40. The number of hydrogen-bond donors (Lipinski definition) is 2. The molecular formula is C28H32N4O6P+. The summed E-state index contributed by atoms with van der Waals surface area (Å²) in [5, 5.41) is 15.0. The highest BCUT2D eigenvalue weighted by atomic mass is 31.1. The fraction of sp³-hybridized carbons (Fsp3) is 0.286. The Hall–Kier alpha value is -4.14. The monoisotopic (exact) mass is 551 g/mol. The van der Waals surface area contributed by atoms with Crippen LogP contribution in [0.3, 0.4) is 0 Å². The van der Waals surface area contributed by atoms with E-state index in [1.54, 1.807) is 18.5 Å². The molecule has 1 unspecified atom stereocenters. The predicted molar refractivity (Wildman–Crippen MR) is 148 cm³/mol. The fourth-order valence-electron chi connectivity index (χ4n) is 3.43. The fourth-order valence-corrected chi connectivity index (χ4v) is 3.87. The maximum absolute atomic E-state index is 11.7. The first-order valence-corrected chi connectivity index (χ1v) is 13.7. The minimum Gasteiger partial charge on any atom is -0.481 e. The molecule has 0 aliphatic carbocycles. The van der Waals surface area contributed by atoms with Gasteiger partial charge in [-0.1, -0.05) is 55.3 Å². The van der Waals surface area contributed by atoms with Gasteiger partial charge in [-0.3, -0.25) is 4.79 Å². The third kappa shape index (κ3) is 10.3. The van der Waals surface area contributed by atoms with Crippen molar-refractivity contribution < 1.29 is 28.2 Å². The van der Waals surface area contributed by atoms with Crippen LogP contribution >= 0.6 is 8.18 Å². The number of unbranched alkanes of at least 4 members (excludes halogenated alkanes) is 2. The summed E-state index contributed by atoms with van der Waals surface area (Å²) >= 11 is 0. The zero-order valence-corrected chi connectivity index (χ0v) is 22.8. The normalized spacial score (nSPS) is 10.8. The van der Waals surface area contributed by atoms with Crippen molar-refractivity contribution in [2.45, 2.75) is 45.6 Å². The van der Waals surface area contributed by atoms with Gasteiger partial charge in [0.05, 0.1) is 18.4 Å². The van der Waals surface area contributed by atoms with E-state index in [4.69, 9.17) is 18.9 Å². The summed E-state index contributed by atoms with van der Waals surface area (Å²) in [6.07, 6.45) is 7.19. The molecule has 0 saturated carbocycles. The first kappa shape index (κ1) is 29.4. The van der Waals surface area contributed by atoms with E-state index >= 15 is 0 Å². The van der Waals surface area contributed by atoms with Crippen molar-refractivity contribution in [1.82, 2.24) is 15.1 Å². The van der Waals surface area contributed by atoms with E-state index in [1.165, 1.54) is 7.11 Å². The number of anilines is 1. The van der Waals surface area contributed by atoms with Gasteiger partial charge in [-0.15, -0.1) is 9.61 Å². The Labute approximate surface area is 228 Å². The minimum absolute atomic E-state index is 0.327. The van der Waals surface area contributed by atoms with Gasteiger partial charge in [0.15, 0.2) is 11.6 Å². The van der Waals surface area contributed by atoms with E-state index in [2.05, 4.69) is 27.1 Å². The zero-order chi connectivity index (χ0) is 27.9. The molecular weight excluding hydrogens is 519 g/mol. The minimum atomic E-state index is -2.05. The van der Waals surface area contributed by atoms with Crippen molar-refractivity contribution in [3.05, 3.63) is 89.9 Å². The number of aliphatic carboxylic acids is 1. The Bertz CT molecular complexity index is 1320. The molecule has 11 heteroatoms. The van der Waals surface area contributed by atoms with E-state index in [0.29, 0.717) is 42.5 Å². The van der Waals surface area contributed by atoms with E-state index in [1.807, 2.05) is 54.6 Å². The molecule has 3 heterocycles. The Morgan fingerprint density at radius 2 is 1.79 bits per heavy atom. The molecule has 0 spiro atoms. The second-order valence-electron chi connectivity index (χ2n) is 8.43. The van der Waals surface area contributed by atoms with Gasteiger partial charge >= 0.3 is 14.1 Å². The predicted octanol–water partition coefficient (Wildman–Crippen LogP) is 6.67. The first-order chi connectivity index (χ1) is 19.0. The van der Waals surface area contributed by atoms with Crippen molar-refractivity contribution in [3.8, 4) is 17.2 Å². The number of pyridine rings is 2. The van der Waals surface area contributed by atoms with Gasteiger partial charge in [0, 0.05) is 37.4 Å². The third-order valence-electron chi connectivity index (χ3n) is 5.42. The van der Waals surface area contributed by atoms with Crippen molar-refractivity contribution >= 4 is 20.0 Å². The van der Waals surface area contributed by atoms with E-state index in [-0.39, 0.29) is 0 Å². The lowest BCUT2D eigenvalue weighted by Crippen LogP contribution is -1.97. The summed E-state index contributed by atoms with van der Waals surface area (Å²) in [7, 11) is -0.696. The average Bonchev–Trinajstić information content (AvgIpc) is 3.42. The lowest BCUT2D eigenvalue weighted by atomic mass is 10.1. The number of benzene rings is 1. The molecule has 10 nitrogen and oxygen atoms in total. The van der Waals surface area contributed by atoms with Crippen LogP contribution in [0.5, 0.6) is 5.88 Å². The van der Waals surface area contributed by atoms with Crippen LogP contribution in [0, 0.1) is 0 Å². The van der Waals surface area contributed by atoms with Gasteiger partial charge in [0.1, 0.15) is 6.61 Å². The van der Waals surface area contributed by atoms with Crippen LogP contribution in [-0.4, -0.2) is 33.3 Å². The number of rotatable bonds is 13. The second-order valence-corrected chi connectivity index (χ2v) is 9.54. The number of nitrogens with one attached hydrogen (secondary N) is 1. The van der Waals surface area contributed by atoms with Crippen LogP contribution in [0.1, 0.15) is 49.4 Å². The number of hydrogen-bond acceptors (Lipinski definition) is 8. The largest absolute Gasteiger partial charge is 0.644 e. The smallest absolute Gasteiger partial charge is 0.481 e. The van der Waals surface area contributed by atoms with Crippen molar-refractivity contribution in [1.29, 1.82) is 0 Å². The van der Waals surface area contributed by atoms with Crippen LogP contribution in [0.4, 0.5) is 5.82 Å². The second kappa shape index (κ2) is 16.0. The van der Waals surface area contributed by atoms with Gasteiger partial charge in [0.2, 0.25) is 5.88 Å². The summed E-state index contributed by atoms with van der Waals surface area (Å²) in [4.78, 5) is 18.2. The molecule has 0 aliphatic rings. The first-order valence-electron chi connectivity index (χ1n) is 12.5. The van der Waals surface area contributed by atoms with Crippen LogP contribution in [0.25, 0.3) is 11.3 Å². The third-order valence-corrected chi connectivity index (χ3v) is 6.15. The molecule has 0 saturated heterocycles. The van der Waals surface area contributed by atoms with E-state index < -0.39 is 14.1 Å². The molecule has 0 fully saturated rings. The maximum Gasteiger partial charge on any atom is 0.644 e. The lowest BCUT2D eigenvalue weighted by molar-refractivity contribution is -0.137. The Balaban J connectivity index is 0.000000459. The van der Waals surface area contributed by atoms with Crippen LogP contribution < -0.4 is 9.82 Å². The quantitative estimate of drug-likeness (QED) is 0.137. The van der Waals surface area contributed by atoms with Gasteiger partial charge in [-0.05, 0) is 40.3 Å². The van der Waals surface area contributed by atoms with Crippen LogP contribution in [0.15, 0.2) is 77.6 Å². The molecule has 1 aromatic carbocycles. The number of ether oxygens (including phenoxy) is 1. The standard InChI is InChI=1S/C22H20N4O4P.C6H12O2/c1-28-31(27)26-22-19(5-4-12-24-22)20-14-18(25-30-20)13-16-7-9-17(10-8-16)15-29-21-6-2-3-11-23-21;1-2-3-4-5-6(7)8/h2-12,14H,13,15H2,1H3,(H,24,26,27);2-5H2,1H3,(H,7,8)/q+1;. The summed E-state index contributed by atoms with van der Waals surface area (Å²) in [5.74, 6) is 0.857. The molecule has 0 bridgehead atoms. The molecule has 4 aromatic rings. The van der Waals surface area contributed by atoms with Crippen molar-refractivity contribution in [2.75, 3.05) is 12.2 Å². The molecule has 39 heavy (non-hydrogen) atoms. The highest BCUT2D eigenvalue weighted by Crippen LogP contribution is 2.32. The molecule has 204 valence electrons. The number of carboxylic acid groups (broad SMARTS) is 1.